The molecule has 1 aliphatic heterocycles. The van der Waals surface area contributed by atoms with E-state index in [4.69, 9.17) is 11.5 Å². The average Bonchev–Trinajstić information content (AvgIpc) is 2.23. The van der Waals surface area contributed by atoms with E-state index in [1.54, 1.807) is 6.07 Å². The third-order valence-corrected chi connectivity index (χ3v) is 2.56. The van der Waals surface area contributed by atoms with E-state index in [1.807, 2.05) is 18.3 Å². The van der Waals surface area contributed by atoms with Crippen LogP contribution in [0.3, 0.4) is 0 Å². The molecule has 0 fully saturated rings. The van der Waals surface area contributed by atoms with E-state index in [-0.39, 0.29) is 0 Å². The average molecular weight is 202 g/mol. The first kappa shape index (κ1) is 9.71. The monoisotopic (exact) mass is 202 g/mol. The van der Waals surface area contributed by atoms with Gasteiger partial charge in [0.25, 0.3) is 0 Å². The summed E-state index contributed by atoms with van der Waals surface area (Å²) in [5, 5.41) is 8.07. The molecule has 0 radical (unpaired) electrons. The molecule has 0 aliphatic carbocycles. The van der Waals surface area contributed by atoms with Crippen molar-refractivity contribution in [1.29, 1.82) is 0 Å². The summed E-state index contributed by atoms with van der Waals surface area (Å²) >= 11 is 0. The SMILES string of the molecule is CC1CC=NN=C1c1ccc(N)c(N)c1. The van der Waals surface area contributed by atoms with Crippen LogP contribution < -0.4 is 11.5 Å². The molecule has 1 aliphatic rings. The van der Waals surface area contributed by atoms with Crippen LogP contribution in [-0.4, -0.2) is 11.9 Å². The van der Waals surface area contributed by atoms with E-state index in [2.05, 4.69) is 17.1 Å². The molecular formula is C11H14N4. The molecule has 1 unspecified atom stereocenters. The third-order valence-electron chi connectivity index (χ3n) is 2.56. The Kier molecular flexibility index (Phi) is 2.41. The van der Waals surface area contributed by atoms with Crippen LogP contribution in [0, 0.1) is 5.92 Å². The summed E-state index contributed by atoms with van der Waals surface area (Å²) < 4.78 is 0. The number of nitrogens with two attached hydrogens (primary N) is 2. The van der Waals surface area contributed by atoms with Crippen LogP contribution in [0.15, 0.2) is 28.4 Å². The Hall–Kier alpha value is -1.84. The fourth-order valence-electron chi connectivity index (χ4n) is 1.59. The van der Waals surface area contributed by atoms with Gasteiger partial charge in [-0.2, -0.15) is 10.2 Å². The molecule has 0 amide bonds. The summed E-state index contributed by atoms with van der Waals surface area (Å²) in [4.78, 5) is 0. The van der Waals surface area contributed by atoms with Crippen LogP contribution in [0.2, 0.25) is 0 Å². The first-order valence-corrected chi connectivity index (χ1v) is 4.93. The van der Waals surface area contributed by atoms with E-state index < -0.39 is 0 Å². The Morgan fingerprint density at radius 1 is 1.27 bits per heavy atom. The Bertz CT molecular complexity index is 434. The molecule has 1 aromatic rings. The normalized spacial score (nSPS) is 20.1. The zero-order valence-corrected chi connectivity index (χ0v) is 8.64. The van der Waals surface area contributed by atoms with Gasteiger partial charge in [-0.3, -0.25) is 0 Å². The lowest BCUT2D eigenvalue weighted by Crippen LogP contribution is -2.16. The van der Waals surface area contributed by atoms with Crippen molar-refractivity contribution in [3.05, 3.63) is 23.8 Å². The predicted octanol–water partition coefficient (Wildman–Crippen LogP) is 1.67. The van der Waals surface area contributed by atoms with Crippen LogP contribution >= 0.6 is 0 Å². The Morgan fingerprint density at radius 3 is 2.73 bits per heavy atom. The number of nitrogen functional groups attached to an aromatic ring is 2. The highest BCUT2D eigenvalue weighted by Gasteiger charge is 2.15. The second kappa shape index (κ2) is 3.73. The van der Waals surface area contributed by atoms with Gasteiger partial charge in [0, 0.05) is 17.7 Å². The Labute approximate surface area is 88.7 Å². The van der Waals surface area contributed by atoms with E-state index in [1.165, 1.54) is 0 Å². The van der Waals surface area contributed by atoms with E-state index in [0.717, 1.165) is 17.7 Å². The Balaban J connectivity index is 2.41. The van der Waals surface area contributed by atoms with Crippen molar-refractivity contribution < 1.29 is 0 Å². The number of hydrogen-bond acceptors (Lipinski definition) is 4. The van der Waals surface area contributed by atoms with E-state index >= 15 is 0 Å². The van der Waals surface area contributed by atoms with Crippen molar-refractivity contribution in [1.82, 2.24) is 0 Å². The summed E-state index contributed by atoms with van der Waals surface area (Å²) in [6, 6.07) is 5.59. The third kappa shape index (κ3) is 1.83. The Morgan fingerprint density at radius 2 is 2.07 bits per heavy atom. The van der Waals surface area contributed by atoms with Crippen LogP contribution in [0.1, 0.15) is 18.9 Å². The minimum Gasteiger partial charge on any atom is -0.397 e. The smallest absolute Gasteiger partial charge is 0.0735 e. The van der Waals surface area contributed by atoms with Crippen LogP contribution in [0.25, 0.3) is 0 Å². The molecule has 78 valence electrons. The number of anilines is 2. The van der Waals surface area contributed by atoms with E-state index in [9.17, 15) is 0 Å². The molecule has 15 heavy (non-hydrogen) atoms. The highest BCUT2D eigenvalue weighted by molar-refractivity contribution is 6.05. The van der Waals surface area contributed by atoms with Gasteiger partial charge in [0.05, 0.1) is 17.1 Å². The minimum absolute atomic E-state index is 0.380. The molecule has 2 rings (SSSR count). The molecule has 1 aromatic carbocycles. The lowest BCUT2D eigenvalue weighted by Gasteiger charge is -2.15. The van der Waals surface area contributed by atoms with Gasteiger partial charge in [0.2, 0.25) is 0 Å². The first-order chi connectivity index (χ1) is 7.18. The van der Waals surface area contributed by atoms with Crippen molar-refractivity contribution in [2.75, 3.05) is 11.5 Å². The van der Waals surface area contributed by atoms with Crippen molar-refractivity contribution in [3.63, 3.8) is 0 Å². The van der Waals surface area contributed by atoms with E-state index in [0.29, 0.717) is 17.3 Å². The molecular weight excluding hydrogens is 188 g/mol. The van der Waals surface area contributed by atoms with Crippen molar-refractivity contribution >= 4 is 23.3 Å². The summed E-state index contributed by atoms with van der Waals surface area (Å²) in [7, 11) is 0. The largest absolute Gasteiger partial charge is 0.397 e. The molecule has 4 nitrogen and oxygen atoms in total. The molecule has 0 bridgehead atoms. The fourth-order valence-corrected chi connectivity index (χ4v) is 1.59. The lowest BCUT2D eigenvalue weighted by atomic mass is 9.95. The zero-order chi connectivity index (χ0) is 10.8. The standard InChI is InChI=1S/C11H14N4/c1-7-4-5-14-15-11(7)8-2-3-9(12)10(13)6-8/h2-3,5-7H,4,12-13H2,1H3. The number of nitrogens with zero attached hydrogens (tertiary/aromatic N) is 2. The number of rotatable bonds is 1. The van der Waals surface area contributed by atoms with Crippen molar-refractivity contribution in [3.8, 4) is 0 Å². The molecule has 4 N–H and O–H groups in total. The quantitative estimate of drug-likeness (QED) is 0.679. The molecule has 4 heteroatoms. The molecule has 1 heterocycles. The summed E-state index contributed by atoms with van der Waals surface area (Å²) in [6.45, 7) is 2.12. The zero-order valence-electron chi connectivity index (χ0n) is 8.64. The summed E-state index contributed by atoms with van der Waals surface area (Å²) in [5.74, 6) is 0.380. The highest BCUT2D eigenvalue weighted by atomic mass is 15.2. The van der Waals surface area contributed by atoms with Gasteiger partial charge in [0.15, 0.2) is 0 Å². The molecule has 1 atom stereocenters. The highest BCUT2D eigenvalue weighted by Crippen LogP contribution is 2.21. The molecule has 0 spiro atoms. The van der Waals surface area contributed by atoms with Crippen LogP contribution in [0.5, 0.6) is 0 Å². The second-order valence-electron chi connectivity index (χ2n) is 3.76. The lowest BCUT2D eigenvalue weighted by molar-refractivity contribution is 0.801. The topological polar surface area (TPSA) is 76.8 Å². The minimum atomic E-state index is 0.380. The van der Waals surface area contributed by atoms with Gasteiger partial charge in [-0.25, -0.2) is 0 Å². The van der Waals surface area contributed by atoms with Gasteiger partial charge in [-0.05, 0) is 18.6 Å². The maximum atomic E-state index is 5.75. The van der Waals surface area contributed by atoms with Gasteiger partial charge in [0.1, 0.15) is 0 Å². The van der Waals surface area contributed by atoms with Gasteiger partial charge >= 0.3 is 0 Å². The van der Waals surface area contributed by atoms with Crippen LogP contribution in [0.4, 0.5) is 11.4 Å². The number of benzene rings is 1. The van der Waals surface area contributed by atoms with Gasteiger partial charge < -0.3 is 11.5 Å². The predicted molar refractivity (Wildman–Crippen MR) is 64.1 cm³/mol. The maximum Gasteiger partial charge on any atom is 0.0735 e. The maximum absolute atomic E-state index is 5.75. The summed E-state index contributed by atoms with van der Waals surface area (Å²) in [5.41, 5.74) is 14.6. The van der Waals surface area contributed by atoms with Crippen LogP contribution in [-0.2, 0) is 0 Å². The van der Waals surface area contributed by atoms with Gasteiger partial charge in [-0.1, -0.05) is 13.0 Å². The van der Waals surface area contributed by atoms with Crippen molar-refractivity contribution in [2.45, 2.75) is 13.3 Å². The molecule has 0 saturated carbocycles. The molecule has 0 saturated heterocycles. The fraction of sp³-hybridized carbons (Fsp3) is 0.273. The second-order valence-corrected chi connectivity index (χ2v) is 3.76. The number of hydrogen-bond donors (Lipinski definition) is 2. The van der Waals surface area contributed by atoms with Gasteiger partial charge in [-0.15, -0.1) is 0 Å². The first-order valence-electron chi connectivity index (χ1n) is 4.93. The van der Waals surface area contributed by atoms with Crippen molar-refractivity contribution in [2.24, 2.45) is 16.1 Å². The summed E-state index contributed by atoms with van der Waals surface area (Å²) in [6.07, 6.45) is 2.75. The molecule has 0 aromatic heterocycles.